The maximum Gasteiger partial charge on any atom is 0.165 e. The summed E-state index contributed by atoms with van der Waals surface area (Å²) in [7, 11) is 1.47. The van der Waals surface area contributed by atoms with E-state index in [-0.39, 0.29) is 11.6 Å². The molecule has 0 saturated carbocycles. The highest BCUT2D eigenvalue weighted by molar-refractivity contribution is 5.29. The summed E-state index contributed by atoms with van der Waals surface area (Å²) in [5.74, 6) is 0.948. The maximum absolute atomic E-state index is 13.5. The lowest BCUT2D eigenvalue weighted by atomic mass is 10.1. The Kier molecular flexibility index (Phi) is 5.18. The van der Waals surface area contributed by atoms with Gasteiger partial charge in [-0.3, -0.25) is 0 Å². The fourth-order valence-corrected chi connectivity index (χ4v) is 2.03. The third-order valence-electron chi connectivity index (χ3n) is 3.27. The third kappa shape index (κ3) is 4.10. The van der Waals surface area contributed by atoms with Crippen LogP contribution in [0.4, 0.5) is 4.39 Å². The Bertz CT molecular complexity index is 525. The van der Waals surface area contributed by atoms with E-state index in [0.717, 1.165) is 24.2 Å². The van der Waals surface area contributed by atoms with E-state index in [1.807, 2.05) is 18.2 Å². The van der Waals surface area contributed by atoms with Gasteiger partial charge in [0, 0.05) is 19.0 Å². The van der Waals surface area contributed by atoms with Crippen LogP contribution in [0.1, 0.15) is 24.7 Å². The first-order valence-corrected chi connectivity index (χ1v) is 6.77. The first-order chi connectivity index (χ1) is 9.69. The second-order valence-electron chi connectivity index (χ2n) is 4.87. The van der Waals surface area contributed by atoms with Gasteiger partial charge in [-0.25, -0.2) is 4.39 Å². The Balaban J connectivity index is 1.78. The monoisotopic (exact) mass is 277 g/mol. The topological polar surface area (TPSA) is 34.4 Å². The SMILES string of the molecule is COc1ccc(CNC(C)CCc2ccco2)cc1F. The molecule has 1 heterocycles. The van der Waals surface area contributed by atoms with Crippen molar-refractivity contribution in [3.63, 3.8) is 0 Å². The van der Waals surface area contributed by atoms with Gasteiger partial charge in [0.15, 0.2) is 11.6 Å². The zero-order valence-corrected chi connectivity index (χ0v) is 11.9. The molecule has 0 aliphatic heterocycles. The molecule has 1 aromatic heterocycles. The molecule has 0 bridgehead atoms. The molecule has 0 aliphatic carbocycles. The van der Waals surface area contributed by atoms with Crippen LogP contribution in [0.3, 0.4) is 0 Å². The minimum Gasteiger partial charge on any atom is -0.494 e. The average Bonchev–Trinajstić information content (AvgIpc) is 2.96. The Morgan fingerprint density at radius 2 is 2.20 bits per heavy atom. The number of methoxy groups -OCH3 is 1. The first-order valence-electron chi connectivity index (χ1n) is 6.77. The molecule has 1 N–H and O–H groups in total. The van der Waals surface area contributed by atoms with E-state index >= 15 is 0 Å². The van der Waals surface area contributed by atoms with Crippen LogP contribution in [0, 0.1) is 5.82 Å². The van der Waals surface area contributed by atoms with E-state index < -0.39 is 0 Å². The van der Waals surface area contributed by atoms with Gasteiger partial charge in [0.25, 0.3) is 0 Å². The van der Waals surface area contributed by atoms with E-state index in [4.69, 9.17) is 9.15 Å². The zero-order valence-electron chi connectivity index (χ0n) is 11.9. The minimum absolute atomic E-state index is 0.277. The fraction of sp³-hybridized carbons (Fsp3) is 0.375. The maximum atomic E-state index is 13.5. The Labute approximate surface area is 118 Å². The van der Waals surface area contributed by atoms with Gasteiger partial charge in [0.2, 0.25) is 0 Å². The predicted octanol–water partition coefficient (Wildman–Crippen LogP) is 3.54. The lowest BCUT2D eigenvalue weighted by Gasteiger charge is -2.13. The average molecular weight is 277 g/mol. The molecule has 1 aromatic carbocycles. The van der Waals surface area contributed by atoms with Crippen LogP contribution in [-0.4, -0.2) is 13.2 Å². The van der Waals surface area contributed by atoms with Crippen molar-refractivity contribution < 1.29 is 13.5 Å². The van der Waals surface area contributed by atoms with Crippen molar-refractivity contribution in [1.29, 1.82) is 0 Å². The molecule has 3 nitrogen and oxygen atoms in total. The Hall–Kier alpha value is -1.81. The standard InChI is InChI=1S/C16H20FNO2/c1-12(5-7-14-4-3-9-20-14)18-11-13-6-8-16(19-2)15(17)10-13/h3-4,6,8-10,12,18H,5,7,11H2,1-2H3. The molecule has 0 aliphatic rings. The van der Waals surface area contributed by atoms with Crippen LogP contribution in [0.25, 0.3) is 0 Å². The molecule has 2 aromatic rings. The van der Waals surface area contributed by atoms with Crippen molar-refractivity contribution in [2.45, 2.75) is 32.4 Å². The number of nitrogens with one attached hydrogen (secondary N) is 1. The van der Waals surface area contributed by atoms with E-state index in [9.17, 15) is 4.39 Å². The first kappa shape index (κ1) is 14.6. The van der Waals surface area contributed by atoms with Gasteiger partial charge in [-0.1, -0.05) is 6.07 Å². The molecule has 0 amide bonds. The number of hydrogen-bond acceptors (Lipinski definition) is 3. The number of rotatable bonds is 7. The molecule has 0 spiro atoms. The normalized spacial score (nSPS) is 12.3. The van der Waals surface area contributed by atoms with Crippen LogP contribution in [-0.2, 0) is 13.0 Å². The summed E-state index contributed by atoms with van der Waals surface area (Å²) >= 11 is 0. The van der Waals surface area contributed by atoms with Crippen LogP contribution < -0.4 is 10.1 Å². The van der Waals surface area contributed by atoms with E-state index in [1.165, 1.54) is 13.2 Å². The van der Waals surface area contributed by atoms with Crippen molar-refractivity contribution in [1.82, 2.24) is 5.32 Å². The largest absolute Gasteiger partial charge is 0.494 e. The summed E-state index contributed by atoms with van der Waals surface area (Å²) in [6.45, 7) is 2.75. The van der Waals surface area contributed by atoms with Crippen molar-refractivity contribution in [2.75, 3.05) is 7.11 Å². The summed E-state index contributed by atoms with van der Waals surface area (Å²) in [6, 6.07) is 9.24. The number of halogens is 1. The summed E-state index contributed by atoms with van der Waals surface area (Å²) in [6.07, 6.45) is 3.57. The van der Waals surface area contributed by atoms with Crippen LogP contribution in [0.5, 0.6) is 5.75 Å². The second kappa shape index (κ2) is 7.10. The molecule has 108 valence electrons. The lowest BCUT2D eigenvalue weighted by molar-refractivity contribution is 0.385. The van der Waals surface area contributed by atoms with Gasteiger partial charge in [0.05, 0.1) is 13.4 Å². The molecular formula is C16H20FNO2. The van der Waals surface area contributed by atoms with Gasteiger partial charge in [-0.2, -0.15) is 0 Å². The Morgan fingerprint density at radius 3 is 2.85 bits per heavy atom. The summed E-state index contributed by atoms with van der Waals surface area (Å²) < 4.78 is 23.7. The molecule has 4 heteroatoms. The van der Waals surface area contributed by atoms with Crippen molar-refractivity contribution in [3.05, 3.63) is 53.7 Å². The minimum atomic E-state index is -0.324. The number of benzene rings is 1. The Morgan fingerprint density at radius 1 is 1.35 bits per heavy atom. The van der Waals surface area contributed by atoms with Crippen molar-refractivity contribution in [3.8, 4) is 5.75 Å². The smallest absolute Gasteiger partial charge is 0.165 e. The van der Waals surface area contributed by atoms with Gasteiger partial charge in [-0.15, -0.1) is 0 Å². The van der Waals surface area contributed by atoms with Gasteiger partial charge >= 0.3 is 0 Å². The highest BCUT2D eigenvalue weighted by atomic mass is 19.1. The van der Waals surface area contributed by atoms with E-state index in [0.29, 0.717) is 12.6 Å². The van der Waals surface area contributed by atoms with Crippen LogP contribution in [0.15, 0.2) is 41.0 Å². The lowest BCUT2D eigenvalue weighted by Crippen LogP contribution is -2.25. The quantitative estimate of drug-likeness (QED) is 0.840. The van der Waals surface area contributed by atoms with E-state index in [2.05, 4.69) is 12.2 Å². The van der Waals surface area contributed by atoms with Crippen LogP contribution in [0.2, 0.25) is 0 Å². The summed E-state index contributed by atoms with van der Waals surface area (Å²) in [5, 5.41) is 3.38. The number of ether oxygens (including phenoxy) is 1. The predicted molar refractivity (Wildman–Crippen MR) is 76.3 cm³/mol. The molecule has 2 rings (SSSR count). The fourth-order valence-electron chi connectivity index (χ4n) is 2.03. The molecule has 0 radical (unpaired) electrons. The van der Waals surface area contributed by atoms with Gasteiger partial charge in [-0.05, 0) is 43.2 Å². The molecule has 20 heavy (non-hydrogen) atoms. The number of furan rings is 1. The molecule has 1 atom stereocenters. The summed E-state index contributed by atoms with van der Waals surface area (Å²) in [4.78, 5) is 0. The molecule has 0 fully saturated rings. The summed E-state index contributed by atoms with van der Waals surface area (Å²) in [5.41, 5.74) is 0.910. The van der Waals surface area contributed by atoms with Gasteiger partial charge in [0.1, 0.15) is 5.76 Å². The molecule has 1 unspecified atom stereocenters. The number of aryl methyl sites for hydroxylation is 1. The van der Waals surface area contributed by atoms with Crippen LogP contribution >= 0.6 is 0 Å². The van der Waals surface area contributed by atoms with Gasteiger partial charge < -0.3 is 14.5 Å². The highest BCUT2D eigenvalue weighted by Crippen LogP contribution is 2.17. The molecule has 0 saturated heterocycles. The molecular weight excluding hydrogens is 257 g/mol. The second-order valence-corrected chi connectivity index (χ2v) is 4.87. The third-order valence-corrected chi connectivity index (χ3v) is 3.27. The highest BCUT2D eigenvalue weighted by Gasteiger charge is 2.06. The number of hydrogen-bond donors (Lipinski definition) is 1. The van der Waals surface area contributed by atoms with Crippen molar-refractivity contribution >= 4 is 0 Å². The zero-order chi connectivity index (χ0) is 14.4. The van der Waals surface area contributed by atoms with Crippen molar-refractivity contribution in [2.24, 2.45) is 0 Å². The van der Waals surface area contributed by atoms with E-state index in [1.54, 1.807) is 12.3 Å².